The third kappa shape index (κ3) is 3.81. The lowest BCUT2D eigenvalue weighted by Crippen LogP contribution is -2.18. The Kier molecular flexibility index (Phi) is 4.69. The number of alkyl halides is 3. The second-order valence-electron chi connectivity index (χ2n) is 5.42. The molecule has 4 rings (SSSR count). The molecule has 0 fully saturated rings. The van der Waals surface area contributed by atoms with Crippen LogP contribution in [0.5, 0.6) is 0 Å². The number of aromatic nitrogens is 6. The maximum atomic E-state index is 12.6. The highest BCUT2D eigenvalue weighted by Gasteiger charge is 2.38. The van der Waals surface area contributed by atoms with Crippen molar-refractivity contribution in [1.82, 2.24) is 30.3 Å². The topological polar surface area (TPSA) is 93.7 Å². The van der Waals surface area contributed by atoms with E-state index in [1.807, 2.05) is 0 Å². The quantitative estimate of drug-likeness (QED) is 0.496. The molecular weight excluding hydrogens is 395 g/mol. The standard InChI is InChI=1S/C16H10F3N7OS/c17-16(18,19)15-23-14(25-27-15)11-4-3-10(28-11)9-26(12-2-1-5-22-24-12)13-8-20-6-7-21-13/h1-8H,9H2. The fourth-order valence-corrected chi connectivity index (χ4v) is 3.25. The summed E-state index contributed by atoms with van der Waals surface area (Å²) in [6.07, 6.45) is 1.56. The van der Waals surface area contributed by atoms with Gasteiger partial charge in [-0.1, -0.05) is 5.16 Å². The molecule has 8 nitrogen and oxygen atoms in total. The van der Waals surface area contributed by atoms with Crippen molar-refractivity contribution in [2.75, 3.05) is 4.90 Å². The van der Waals surface area contributed by atoms with Gasteiger partial charge in [0.1, 0.15) is 0 Å². The summed E-state index contributed by atoms with van der Waals surface area (Å²) in [5.74, 6) is -0.388. The van der Waals surface area contributed by atoms with Gasteiger partial charge in [0, 0.05) is 23.5 Å². The summed E-state index contributed by atoms with van der Waals surface area (Å²) in [7, 11) is 0. The summed E-state index contributed by atoms with van der Waals surface area (Å²) in [5, 5.41) is 11.4. The number of halogens is 3. The highest BCUT2D eigenvalue weighted by Crippen LogP contribution is 2.33. The summed E-state index contributed by atoms with van der Waals surface area (Å²) in [4.78, 5) is 14.8. The van der Waals surface area contributed by atoms with E-state index in [1.165, 1.54) is 11.3 Å². The Balaban J connectivity index is 1.61. The second-order valence-corrected chi connectivity index (χ2v) is 6.59. The van der Waals surface area contributed by atoms with E-state index in [9.17, 15) is 13.2 Å². The van der Waals surface area contributed by atoms with Crippen LogP contribution >= 0.6 is 11.3 Å². The number of hydrogen-bond donors (Lipinski definition) is 0. The SMILES string of the molecule is FC(F)(F)c1nc(-c2ccc(CN(c3cnccn3)c3cccnn3)s2)no1. The van der Waals surface area contributed by atoms with Crippen LogP contribution in [0.3, 0.4) is 0 Å². The first-order valence-electron chi connectivity index (χ1n) is 7.82. The first kappa shape index (κ1) is 18.0. The minimum atomic E-state index is -4.68. The van der Waals surface area contributed by atoms with Crippen molar-refractivity contribution in [2.24, 2.45) is 0 Å². The molecule has 0 unspecified atom stereocenters. The molecule has 0 amide bonds. The first-order valence-corrected chi connectivity index (χ1v) is 8.63. The molecule has 0 aliphatic carbocycles. The summed E-state index contributed by atoms with van der Waals surface area (Å²) in [5.41, 5.74) is 0. The largest absolute Gasteiger partial charge is 0.471 e. The van der Waals surface area contributed by atoms with Gasteiger partial charge in [-0.15, -0.1) is 16.4 Å². The van der Waals surface area contributed by atoms with Crippen LogP contribution < -0.4 is 4.90 Å². The maximum absolute atomic E-state index is 12.6. The van der Waals surface area contributed by atoms with Gasteiger partial charge in [0.2, 0.25) is 5.82 Å². The van der Waals surface area contributed by atoms with E-state index in [0.29, 0.717) is 23.1 Å². The van der Waals surface area contributed by atoms with Gasteiger partial charge in [0.05, 0.1) is 17.6 Å². The Bertz CT molecular complexity index is 1010. The lowest BCUT2D eigenvalue weighted by atomic mass is 10.3. The zero-order chi connectivity index (χ0) is 19.6. The molecule has 0 N–H and O–H groups in total. The summed E-state index contributed by atoms with van der Waals surface area (Å²) in [6, 6.07) is 6.91. The summed E-state index contributed by atoms with van der Waals surface area (Å²) < 4.78 is 42.2. The molecule has 0 bridgehead atoms. The number of rotatable bonds is 5. The molecule has 0 spiro atoms. The Labute approximate surface area is 159 Å². The molecule has 12 heteroatoms. The molecule has 0 aromatic carbocycles. The molecule has 0 radical (unpaired) electrons. The molecule has 0 aliphatic rings. The van der Waals surface area contributed by atoms with E-state index < -0.39 is 12.1 Å². The average Bonchev–Trinajstić information content (AvgIpc) is 3.37. The van der Waals surface area contributed by atoms with Gasteiger partial charge in [-0.3, -0.25) is 4.98 Å². The van der Waals surface area contributed by atoms with Crippen molar-refractivity contribution in [3.8, 4) is 10.7 Å². The fourth-order valence-electron chi connectivity index (χ4n) is 2.32. The van der Waals surface area contributed by atoms with Crippen molar-refractivity contribution in [3.63, 3.8) is 0 Å². The van der Waals surface area contributed by atoms with Gasteiger partial charge in [-0.25, -0.2) is 4.98 Å². The summed E-state index contributed by atoms with van der Waals surface area (Å²) >= 11 is 1.24. The average molecular weight is 405 g/mol. The van der Waals surface area contributed by atoms with E-state index in [4.69, 9.17) is 0 Å². The third-order valence-electron chi connectivity index (χ3n) is 3.53. The first-order chi connectivity index (χ1) is 13.5. The molecule has 4 aromatic rings. The molecule has 142 valence electrons. The van der Waals surface area contributed by atoms with Crippen molar-refractivity contribution in [2.45, 2.75) is 12.7 Å². The van der Waals surface area contributed by atoms with Crippen LogP contribution in [0.2, 0.25) is 0 Å². The van der Waals surface area contributed by atoms with Gasteiger partial charge < -0.3 is 9.42 Å². The monoisotopic (exact) mass is 405 g/mol. The molecule has 4 aromatic heterocycles. The van der Waals surface area contributed by atoms with Crippen molar-refractivity contribution in [3.05, 3.63) is 59.8 Å². The van der Waals surface area contributed by atoms with Crippen LogP contribution in [-0.4, -0.2) is 30.3 Å². The second kappa shape index (κ2) is 7.31. The minimum absolute atomic E-state index is 0.117. The Morgan fingerprint density at radius 1 is 1.07 bits per heavy atom. The van der Waals surface area contributed by atoms with E-state index in [2.05, 4.69) is 34.8 Å². The Hall–Kier alpha value is -3.41. The highest BCUT2D eigenvalue weighted by molar-refractivity contribution is 7.15. The molecular formula is C16H10F3N7OS. The van der Waals surface area contributed by atoms with E-state index in [1.54, 1.807) is 54.0 Å². The molecule has 28 heavy (non-hydrogen) atoms. The number of thiophene rings is 1. The van der Waals surface area contributed by atoms with Gasteiger partial charge >= 0.3 is 12.1 Å². The van der Waals surface area contributed by atoms with E-state index in [-0.39, 0.29) is 5.82 Å². The van der Waals surface area contributed by atoms with Gasteiger partial charge in [-0.2, -0.15) is 23.3 Å². The normalized spacial score (nSPS) is 11.5. The predicted octanol–water partition coefficient (Wildman–Crippen LogP) is 3.74. The predicted molar refractivity (Wildman–Crippen MR) is 92.5 cm³/mol. The van der Waals surface area contributed by atoms with Crippen LogP contribution in [0.4, 0.5) is 24.8 Å². The Morgan fingerprint density at radius 3 is 2.64 bits per heavy atom. The van der Waals surface area contributed by atoms with E-state index >= 15 is 0 Å². The summed E-state index contributed by atoms with van der Waals surface area (Å²) in [6.45, 7) is 0.353. The molecule has 0 aliphatic heterocycles. The smallest absolute Gasteiger partial charge is 0.329 e. The van der Waals surface area contributed by atoms with Crippen LogP contribution in [0, 0.1) is 0 Å². The van der Waals surface area contributed by atoms with Crippen LogP contribution in [0.15, 0.2) is 53.6 Å². The molecule has 4 heterocycles. The zero-order valence-electron chi connectivity index (χ0n) is 13.9. The van der Waals surface area contributed by atoms with Crippen LogP contribution in [0.1, 0.15) is 10.8 Å². The fraction of sp³-hybridized carbons (Fsp3) is 0.125. The number of nitrogens with zero attached hydrogens (tertiary/aromatic N) is 7. The van der Waals surface area contributed by atoms with Crippen molar-refractivity contribution in [1.29, 1.82) is 0 Å². The van der Waals surface area contributed by atoms with Gasteiger partial charge in [-0.05, 0) is 24.3 Å². The van der Waals surface area contributed by atoms with E-state index in [0.717, 1.165) is 4.88 Å². The van der Waals surface area contributed by atoms with Crippen molar-refractivity contribution >= 4 is 23.0 Å². The lowest BCUT2D eigenvalue weighted by molar-refractivity contribution is -0.159. The zero-order valence-corrected chi connectivity index (χ0v) is 14.7. The molecule has 0 saturated carbocycles. The number of anilines is 2. The lowest BCUT2D eigenvalue weighted by Gasteiger charge is -2.20. The highest BCUT2D eigenvalue weighted by atomic mass is 32.1. The molecule has 0 atom stereocenters. The molecule has 0 saturated heterocycles. The number of hydrogen-bond acceptors (Lipinski definition) is 9. The van der Waals surface area contributed by atoms with Crippen molar-refractivity contribution < 1.29 is 17.7 Å². The van der Waals surface area contributed by atoms with Crippen LogP contribution in [0.25, 0.3) is 10.7 Å². The van der Waals surface area contributed by atoms with Crippen LogP contribution in [-0.2, 0) is 12.7 Å². The minimum Gasteiger partial charge on any atom is -0.329 e. The maximum Gasteiger partial charge on any atom is 0.471 e. The van der Waals surface area contributed by atoms with Gasteiger partial charge in [0.25, 0.3) is 0 Å². The Morgan fingerprint density at radius 2 is 1.96 bits per heavy atom. The third-order valence-corrected chi connectivity index (χ3v) is 4.59. The van der Waals surface area contributed by atoms with Gasteiger partial charge in [0.15, 0.2) is 11.6 Å².